The quantitative estimate of drug-likeness (QED) is 0.802. The molecule has 1 aromatic carbocycles. The monoisotopic (exact) mass is 337 g/mol. The number of halogens is 2. The molecule has 3 rings (SSSR count). The first-order valence-corrected chi connectivity index (χ1v) is 7.62. The highest BCUT2D eigenvalue weighted by Gasteiger charge is 2.28. The van der Waals surface area contributed by atoms with Crippen LogP contribution in [-0.4, -0.2) is 23.5 Å². The molecule has 1 amide bonds. The fourth-order valence-electron chi connectivity index (χ4n) is 3.18. The predicted octanol–water partition coefficient (Wildman–Crippen LogP) is 3.10. The van der Waals surface area contributed by atoms with Gasteiger partial charge in [-0.1, -0.05) is 18.6 Å². The van der Waals surface area contributed by atoms with Crippen LogP contribution in [0.2, 0.25) is 0 Å². The number of hydrogen-bond donors (Lipinski definition) is 3. The first-order chi connectivity index (χ1) is 10.7. The van der Waals surface area contributed by atoms with Gasteiger partial charge in [0.15, 0.2) is 0 Å². The molecule has 0 bridgehead atoms. The number of benzene rings is 1. The predicted molar refractivity (Wildman–Crippen MR) is 91.1 cm³/mol. The van der Waals surface area contributed by atoms with Crippen molar-refractivity contribution in [2.75, 3.05) is 6.54 Å². The van der Waals surface area contributed by atoms with E-state index in [1.54, 1.807) is 24.5 Å². The number of aromatic amines is 1. The maximum absolute atomic E-state index is 13.0. The Labute approximate surface area is 141 Å². The van der Waals surface area contributed by atoms with Gasteiger partial charge in [0, 0.05) is 24.0 Å². The van der Waals surface area contributed by atoms with Crippen molar-refractivity contribution in [1.82, 2.24) is 10.3 Å². The third-order valence-corrected chi connectivity index (χ3v) is 4.42. The van der Waals surface area contributed by atoms with E-state index >= 15 is 0 Å². The lowest BCUT2D eigenvalue weighted by molar-refractivity contribution is 0.0929. The van der Waals surface area contributed by atoms with E-state index in [0.29, 0.717) is 18.0 Å². The number of H-pyrrole nitrogens is 1. The van der Waals surface area contributed by atoms with Crippen molar-refractivity contribution in [2.45, 2.75) is 25.3 Å². The molecule has 2 atom stereocenters. The van der Waals surface area contributed by atoms with Gasteiger partial charge in [0.1, 0.15) is 5.82 Å². The molecule has 0 saturated heterocycles. The maximum Gasteiger partial charge on any atom is 0.253 e. The molecule has 6 heteroatoms. The Bertz CT molecular complexity index is 656. The number of nitrogens with one attached hydrogen (secondary N) is 2. The zero-order valence-corrected chi connectivity index (χ0v) is 13.5. The molecule has 23 heavy (non-hydrogen) atoms. The van der Waals surface area contributed by atoms with Crippen LogP contribution in [0.15, 0.2) is 36.7 Å². The summed E-state index contributed by atoms with van der Waals surface area (Å²) in [7, 11) is 0. The first-order valence-electron chi connectivity index (χ1n) is 7.62. The normalized spacial score (nSPS) is 20.1. The second kappa shape index (κ2) is 7.62. The van der Waals surface area contributed by atoms with E-state index in [4.69, 9.17) is 5.73 Å². The molecule has 124 valence electrons. The van der Waals surface area contributed by atoms with Crippen LogP contribution in [0.4, 0.5) is 4.39 Å². The lowest BCUT2D eigenvalue weighted by Gasteiger charge is -2.19. The molecule has 4 nitrogen and oxygen atoms in total. The molecule has 1 aliphatic rings. The number of nitrogens with two attached hydrogens (primary N) is 1. The van der Waals surface area contributed by atoms with E-state index in [2.05, 4.69) is 10.3 Å². The van der Waals surface area contributed by atoms with Crippen molar-refractivity contribution in [2.24, 2.45) is 11.7 Å². The van der Waals surface area contributed by atoms with E-state index in [0.717, 1.165) is 30.4 Å². The molecule has 1 saturated carbocycles. The molecule has 0 spiro atoms. The summed E-state index contributed by atoms with van der Waals surface area (Å²) >= 11 is 0. The van der Waals surface area contributed by atoms with Gasteiger partial charge in [0.25, 0.3) is 5.91 Å². The van der Waals surface area contributed by atoms with Gasteiger partial charge >= 0.3 is 0 Å². The summed E-state index contributed by atoms with van der Waals surface area (Å²) in [5.74, 6) is -0.0369. The van der Waals surface area contributed by atoms with Gasteiger partial charge in [-0.3, -0.25) is 4.79 Å². The Morgan fingerprint density at radius 2 is 2.00 bits per heavy atom. The van der Waals surface area contributed by atoms with Gasteiger partial charge in [-0.2, -0.15) is 0 Å². The van der Waals surface area contributed by atoms with Crippen LogP contribution >= 0.6 is 12.4 Å². The summed E-state index contributed by atoms with van der Waals surface area (Å²) in [4.78, 5) is 15.5. The molecule has 2 aromatic rings. The molecule has 0 radical (unpaired) electrons. The minimum atomic E-state index is -0.290. The number of amides is 1. The Hall–Kier alpha value is -1.85. The van der Waals surface area contributed by atoms with Crippen molar-refractivity contribution >= 4 is 18.3 Å². The third kappa shape index (κ3) is 3.74. The molecule has 1 aromatic heterocycles. The molecule has 2 unspecified atom stereocenters. The number of hydrogen-bond acceptors (Lipinski definition) is 2. The van der Waals surface area contributed by atoms with Crippen molar-refractivity contribution < 1.29 is 9.18 Å². The summed E-state index contributed by atoms with van der Waals surface area (Å²) in [6.07, 6.45) is 6.59. The lowest BCUT2D eigenvalue weighted by atomic mass is 10.0. The average molecular weight is 338 g/mol. The average Bonchev–Trinajstić information content (AvgIpc) is 3.16. The van der Waals surface area contributed by atoms with Gasteiger partial charge in [0.05, 0.1) is 5.56 Å². The minimum absolute atomic E-state index is 0. The Morgan fingerprint density at radius 1 is 1.26 bits per heavy atom. The van der Waals surface area contributed by atoms with Crippen LogP contribution in [0, 0.1) is 11.7 Å². The van der Waals surface area contributed by atoms with E-state index in [1.807, 2.05) is 0 Å². The highest BCUT2D eigenvalue weighted by Crippen LogP contribution is 2.27. The van der Waals surface area contributed by atoms with E-state index < -0.39 is 0 Å². The van der Waals surface area contributed by atoms with Crippen LogP contribution in [0.1, 0.15) is 29.6 Å². The van der Waals surface area contributed by atoms with Gasteiger partial charge in [-0.05, 0) is 43.0 Å². The minimum Gasteiger partial charge on any atom is -0.366 e. The zero-order valence-electron chi connectivity index (χ0n) is 12.7. The smallest absolute Gasteiger partial charge is 0.253 e. The van der Waals surface area contributed by atoms with Gasteiger partial charge in [-0.15, -0.1) is 12.4 Å². The van der Waals surface area contributed by atoms with Crippen molar-refractivity contribution in [3.63, 3.8) is 0 Å². The van der Waals surface area contributed by atoms with E-state index in [-0.39, 0.29) is 30.2 Å². The molecule has 0 aliphatic heterocycles. The zero-order chi connectivity index (χ0) is 15.5. The van der Waals surface area contributed by atoms with Crippen molar-refractivity contribution in [1.29, 1.82) is 0 Å². The van der Waals surface area contributed by atoms with Crippen LogP contribution in [0.3, 0.4) is 0 Å². The molecular formula is C17H21ClFN3O. The topological polar surface area (TPSA) is 70.9 Å². The Balaban J connectivity index is 0.00000192. The largest absolute Gasteiger partial charge is 0.366 e. The van der Waals surface area contributed by atoms with E-state index in [9.17, 15) is 9.18 Å². The molecule has 4 N–H and O–H groups in total. The summed E-state index contributed by atoms with van der Waals surface area (Å²) in [5, 5.41) is 3.09. The Kier molecular flexibility index (Phi) is 5.80. The molecule has 1 heterocycles. The number of carbonyl (C=O) groups excluding carboxylic acids is 1. The first kappa shape index (κ1) is 17.5. The summed E-state index contributed by atoms with van der Waals surface area (Å²) < 4.78 is 13.0. The molecule has 1 fully saturated rings. The SMILES string of the molecule is Cl.NCC1CCCC1NC(=O)c1c[nH]cc1-c1ccc(F)cc1. The number of aromatic nitrogens is 1. The number of carbonyl (C=O) groups is 1. The second-order valence-corrected chi connectivity index (χ2v) is 5.80. The van der Waals surface area contributed by atoms with E-state index in [1.165, 1.54) is 12.1 Å². The standard InChI is InChI=1S/C17H20FN3O.ClH/c18-13-6-4-11(5-7-13)14-9-20-10-15(14)17(22)21-16-3-1-2-12(16)8-19;/h4-7,9-10,12,16,20H,1-3,8,19H2,(H,21,22);1H. The highest BCUT2D eigenvalue weighted by molar-refractivity contribution is 6.00. The van der Waals surface area contributed by atoms with Gasteiger partial charge in [-0.25, -0.2) is 4.39 Å². The van der Waals surface area contributed by atoms with Crippen LogP contribution in [0.5, 0.6) is 0 Å². The van der Waals surface area contributed by atoms with Crippen molar-refractivity contribution in [3.8, 4) is 11.1 Å². The van der Waals surface area contributed by atoms with Crippen LogP contribution in [0.25, 0.3) is 11.1 Å². The van der Waals surface area contributed by atoms with Crippen LogP contribution < -0.4 is 11.1 Å². The Morgan fingerprint density at radius 3 is 2.70 bits per heavy atom. The van der Waals surface area contributed by atoms with Gasteiger partial charge < -0.3 is 16.0 Å². The molecular weight excluding hydrogens is 317 g/mol. The maximum atomic E-state index is 13.0. The fourth-order valence-corrected chi connectivity index (χ4v) is 3.18. The molecule has 1 aliphatic carbocycles. The summed E-state index contributed by atoms with van der Waals surface area (Å²) in [5.41, 5.74) is 7.93. The summed E-state index contributed by atoms with van der Waals surface area (Å²) in [6.45, 7) is 0.600. The van der Waals surface area contributed by atoms with Crippen LogP contribution in [-0.2, 0) is 0 Å². The number of rotatable bonds is 4. The second-order valence-electron chi connectivity index (χ2n) is 5.80. The third-order valence-electron chi connectivity index (χ3n) is 4.42. The van der Waals surface area contributed by atoms with Gasteiger partial charge in [0.2, 0.25) is 0 Å². The highest BCUT2D eigenvalue weighted by atomic mass is 35.5. The van der Waals surface area contributed by atoms with Crippen molar-refractivity contribution in [3.05, 3.63) is 48.0 Å². The summed E-state index contributed by atoms with van der Waals surface area (Å²) in [6, 6.07) is 6.28. The lowest BCUT2D eigenvalue weighted by Crippen LogP contribution is -2.39. The fraction of sp³-hybridized carbons (Fsp3) is 0.353.